The first-order valence-corrected chi connectivity index (χ1v) is 7.00. The lowest BCUT2D eigenvalue weighted by molar-refractivity contribution is 0.567. The standard InChI is InChI=1S/C13H16Cl2N2/c1-7-6-10(14)16-13(15)11(7)17-12(8-2-3-8)9-4-5-9/h6,8-9,12,17H,2-5H2,1H3. The first-order chi connectivity index (χ1) is 8.15. The van der Waals surface area contributed by atoms with Gasteiger partial charge in [0, 0.05) is 6.04 Å². The van der Waals surface area contributed by atoms with Crippen molar-refractivity contribution in [2.24, 2.45) is 11.8 Å². The maximum absolute atomic E-state index is 6.17. The van der Waals surface area contributed by atoms with Crippen molar-refractivity contribution in [3.05, 3.63) is 21.9 Å². The molecule has 0 spiro atoms. The molecule has 2 nitrogen and oxygen atoms in total. The summed E-state index contributed by atoms with van der Waals surface area (Å²) in [6.45, 7) is 2.03. The van der Waals surface area contributed by atoms with Crippen molar-refractivity contribution >= 4 is 28.9 Å². The fourth-order valence-electron chi connectivity index (χ4n) is 2.47. The van der Waals surface area contributed by atoms with Crippen molar-refractivity contribution in [2.45, 2.75) is 38.6 Å². The number of aryl methyl sites for hydroxylation is 1. The molecule has 3 rings (SSSR count). The normalized spacial score (nSPS) is 19.8. The quantitative estimate of drug-likeness (QED) is 0.826. The van der Waals surface area contributed by atoms with Crippen molar-refractivity contribution in [1.82, 2.24) is 4.98 Å². The monoisotopic (exact) mass is 270 g/mol. The van der Waals surface area contributed by atoms with Crippen LogP contribution < -0.4 is 5.32 Å². The molecule has 4 heteroatoms. The van der Waals surface area contributed by atoms with E-state index in [-0.39, 0.29) is 0 Å². The van der Waals surface area contributed by atoms with Gasteiger partial charge in [-0.05, 0) is 56.1 Å². The minimum absolute atomic E-state index is 0.465. The number of nitrogens with one attached hydrogen (secondary N) is 1. The number of anilines is 1. The van der Waals surface area contributed by atoms with Gasteiger partial charge in [0.05, 0.1) is 5.69 Å². The van der Waals surface area contributed by atoms with E-state index in [4.69, 9.17) is 23.2 Å². The van der Waals surface area contributed by atoms with E-state index < -0.39 is 0 Å². The molecule has 0 unspecified atom stereocenters. The lowest BCUT2D eigenvalue weighted by Gasteiger charge is -2.21. The molecule has 2 fully saturated rings. The lowest BCUT2D eigenvalue weighted by atomic mass is 10.1. The molecule has 2 aliphatic carbocycles. The van der Waals surface area contributed by atoms with E-state index in [1.807, 2.05) is 13.0 Å². The molecule has 92 valence electrons. The van der Waals surface area contributed by atoms with Crippen LogP contribution in [0.1, 0.15) is 31.2 Å². The summed E-state index contributed by atoms with van der Waals surface area (Å²) in [5.74, 6) is 1.68. The molecule has 0 aromatic carbocycles. The number of hydrogen-bond donors (Lipinski definition) is 1. The molecule has 0 saturated heterocycles. The van der Waals surface area contributed by atoms with Gasteiger partial charge in [0.15, 0.2) is 5.15 Å². The second kappa shape index (κ2) is 4.33. The smallest absolute Gasteiger partial charge is 0.154 e. The minimum atomic E-state index is 0.465. The van der Waals surface area contributed by atoms with E-state index in [9.17, 15) is 0 Å². The summed E-state index contributed by atoms with van der Waals surface area (Å²) in [5.41, 5.74) is 2.06. The number of pyridine rings is 1. The van der Waals surface area contributed by atoms with Crippen molar-refractivity contribution in [3.8, 4) is 0 Å². The van der Waals surface area contributed by atoms with Crippen molar-refractivity contribution in [3.63, 3.8) is 0 Å². The van der Waals surface area contributed by atoms with E-state index in [0.717, 1.165) is 23.1 Å². The predicted molar refractivity (Wildman–Crippen MR) is 71.9 cm³/mol. The Morgan fingerprint density at radius 3 is 2.29 bits per heavy atom. The highest BCUT2D eigenvalue weighted by Crippen LogP contribution is 2.46. The van der Waals surface area contributed by atoms with Crippen LogP contribution in [0.3, 0.4) is 0 Å². The highest BCUT2D eigenvalue weighted by atomic mass is 35.5. The summed E-state index contributed by atoms with van der Waals surface area (Å²) in [6.07, 6.45) is 5.41. The largest absolute Gasteiger partial charge is 0.379 e. The van der Waals surface area contributed by atoms with Gasteiger partial charge in [-0.3, -0.25) is 0 Å². The molecule has 1 aromatic rings. The Bertz CT molecular complexity index is 404. The fourth-order valence-corrected chi connectivity index (χ4v) is 3.05. The summed E-state index contributed by atoms with van der Waals surface area (Å²) in [5, 5.41) is 4.58. The Labute approximate surface area is 112 Å². The number of rotatable bonds is 4. The lowest BCUT2D eigenvalue weighted by Crippen LogP contribution is -2.25. The predicted octanol–water partition coefficient (Wildman–Crippen LogP) is 4.30. The van der Waals surface area contributed by atoms with Gasteiger partial charge in [-0.15, -0.1) is 0 Å². The third kappa shape index (κ3) is 2.53. The molecule has 0 atom stereocenters. The van der Waals surface area contributed by atoms with Gasteiger partial charge in [-0.1, -0.05) is 23.2 Å². The van der Waals surface area contributed by atoms with E-state index in [0.29, 0.717) is 16.3 Å². The summed E-state index contributed by atoms with van der Waals surface area (Å²) >= 11 is 12.1. The minimum Gasteiger partial charge on any atom is -0.379 e. The number of nitrogens with zero attached hydrogens (tertiary/aromatic N) is 1. The van der Waals surface area contributed by atoms with Gasteiger partial charge in [-0.25, -0.2) is 4.98 Å². The maximum Gasteiger partial charge on any atom is 0.154 e. The molecule has 0 bridgehead atoms. The molecular weight excluding hydrogens is 255 g/mol. The zero-order valence-corrected chi connectivity index (χ0v) is 11.4. The average molecular weight is 271 g/mol. The third-order valence-electron chi connectivity index (χ3n) is 3.71. The number of aromatic nitrogens is 1. The second-order valence-electron chi connectivity index (χ2n) is 5.27. The van der Waals surface area contributed by atoms with Crippen LogP contribution in [0.15, 0.2) is 6.07 Å². The van der Waals surface area contributed by atoms with Crippen molar-refractivity contribution in [1.29, 1.82) is 0 Å². The van der Waals surface area contributed by atoms with Gasteiger partial charge in [-0.2, -0.15) is 0 Å². The number of hydrogen-bond acceptors (Lipinski definition) is 2. The summed E-state index contributed by atoms with van der Waals surface area (Å²) in [6, 6.07) is 2.46. The van der Waals surface area contributed by atoms with Gasteiger partial charge >= 0.3 is 0 Å². The van der Waals surface area contributed by atoms with E-state index in [2.05, 4.69) is 10.3 Å². The van der Waals surface area contributed by atoms with Crippen LogP contribution in [0.25, 0.3) is 0 Å². The highest BCUT2D eigenvalue weighted by Gasteiger charge is 2.41. The fraction of sp³-hybridized carbons (Fsp3) is 0.615. The van der Waals surface area contributed by atoms with Crippen LogP contribution in [0.2, 0.25) is 10.3 Å². The van der Waals surface area contributed by atoms with Gasteiger partial charge in [0.2, 0.25) is 0 Å². The maximum atomic E-state index is 6.17. The Hall–Kier alpha value is -0.470. The molecule has 0 aliphatic heterocycles. The van der Waals surface area contributed by atoms with Crippen LogP contribution in [-0.4, -0.2) is 11.0 Å². The van der Waals surface area contributed by atoms with Gasteiger partial charge < -0.3 is 5.32 Å². The topological polar surface area (TPSA) is 24.9 Å². The van der Waals surface area contributed by atoms with E-state index >= 15 is 0 Å². The number of halogens is 2. The van der Waals surface area contributed by atoms with Crippen LogP contribution in [-0.2, 0) is 0 Å². The van der Waals surface area contributed by atoms with E-state index in [1.165, 1.54) is 25.7 Å². The molecule has 17 heavy (non-hydrogen) atoms. The van der Waals surface area contributed by atoms with Crippen LogP contribution >= 0.6 is 23.2 Å². The first-order valence-electron chi connectivity index (χ1n) is 6.24. The van der Waals surface area contributed by atoms with Crippen LogP contribution in [0, 0.1) is 18.8 Å². The molecule has 1 aromatic heterocycles. The Balaban J connectivity index is 1.83. The zero-order valence-electron chi connectivity index (χ0n) is 9.84. The Morgan fingerprint density at radius 1 is 1.24 bits per heavy atom. The Morgan fingerprint density at radius 2 is 1.82 bits per heavy atom. The highest BCUT2D eigenvalue weighted by molar-refractivity contribution is 6.34. The van der Waals surface area contributed by atoms with Crippen molar-refractivity contribution < 1.29 is 0 Å². The molecule has 1 heterocycles. The Kier molecular flexibility index (Phi) is 2.95. The van der Waals surface area contributed by atoms with Gasteiger partial charge in [0.1, 0.15) is 5.15 Å². The zero-order chi connectivity index (χ0) is 12.0. The summed E-state index contributed by atoms with van der Waals surface area (Å²) in [7, 11) is 0. The molecule has 0 radical (unpaired) electrons. The third-order valence-corrected chi connectivity index (χ3v) is 4.18. The average Bonchev–Trinajstić information content (AvgIpc) is 3.12. The molecule has 1 N–H and O–H groups in total. The SMILES string of the molecule is Cc1cc(Cl)nc(Cl)c1NC(C1CC1)C1CC1. The first kappa shape index (κ1) is 11.6. The summed E-state index contributed by atoms with van der Waals surface area (Å²) in [4.78, 5) is 4.12. The molecule has 2 saturated carbocycles. The summed E-state index contributed by atoms with van der Waals surface area (Å²) < 4.78 is 0. The van der Waals surface area contributed by atoms with Crippen molar-refractivity contribution in [2.75, 3.05) is 5.32 Å². The molecule has 0 amide bonds. The van der Waals surface area contributed by atoms with E-state index in [1.54, 1.807) is 0 Å². The van der Waals surface area contributed by atoms with Crippen LogP contribution in [0.4, 0.5) is 5.69 Å². The molecular formula is C13H16Cl2N2. The van der Waals surface area contributed by atoms with Gasteiger partial charge in [0.25, 0.3) is 0 Å². The van der Waals surface area contributed by atoms with Crippen LogP contribution in [0.5, 0.6) is 0 Å². The second-order valence-corrected chi connectivity index (χ2v) is 6.02. The molecule has 2 aliphatic rings.